The van der Waals surface area contributed by atoms with Crippen LogP contribution in [0.1, 0.15) is 37.8 Å². The second kappa shape index (κ2) is 15.6. The zero-order valence-corrected chi connectivity index (χ0v) is 25.5. The first-order valence-corrected chi connectivity index (χ1v) is 14.4. The van der Waals surface area contributed by atoms with Gasteiger partial charge in [0.25, 0.3) is 0 Å². The number of hydrogen-bond acceptors (Lipinski definition) is 7. The van der Waals surface area contributed by atoms with Gasteiger partial charge in [-0.1, -0.05) is 6.92 Å². The maximum atomic E-state index is 13.1. The van der Waals surface area contributed by atoms with E-state index < -0.39 is 10.0 Å². The van der Waals surface area contributed by atoms with Crippen LogP contribution in [0.25, 0.3) is 0 Å². The Kier molecular flexibility index (Phi) is 14.1. The van der Waals surface area contributed by atoms with Gasteiger partial charge in [0, 0.05) is 46.3 Å². The van der Waals surface area contributed by atoms with Gasteiger partial charge < -0.3 is 24.2 Å². The number of methoxy groups -OCH3 is 1. The van der Waals surface area contributed by atoms with Crippen molar-refractivity contribution in [3.05, 3.63) is 23.3 Å². The quantitative estimate of drug-likeness (QED) is 0.280. The number of carbonyl (C=O) groups is 1. The Balaban J connectivity index is 2.45. The van der Waals surface area contributed by atoms with E-state index in [1.165, 1.54) is 11.4 Å². The van der Waals surface area contributed by atoms with Gasteiger partial charge in [-0.15, -0.1) is 0 Å². The van der Waals surface area contributed by atoms with Crippen LogP contribution in [0.4, 0.5) is 0 Å². The molecule has 10 heteroatoms. The molecular weight excluding hydrogens is 492 g/mol. The Hall–Kier alpha value is -1.72. The number of sulfonamides is 1. The van der Waals surface area contributed by atoms with E-state index in [2.05, 4.69) is 44.8 Å². The number of likely N-dealkylation sites (N-methyl/N-ethyl adjacent to an activating group) is 4. The lowest BCUT2D eigenvalue weighted by Crippen LogP contribution is -2.37. The van der Waals surface area contributed by atoms with Gasteiger partial charge in [-0.25, -0.2) is 8.42 Å². The third-order valence-electron chi connectivity index (χ3n) is 6.85. The molecule has 0 aromatic heterocycles. The molecule has 1 aromatic rings. The normalized spacial score (nSPS) is 13.9. The topological polar surface area (TPSA) is 82.6 Å². The van der Waals surface area contributed by atoms with Crippen molar-refractivity contribution in [3.63, 3.8) is 0 Å². The number of ether oxygens (including phenoxy) is 2. The molecular formula is C27H50N4O5S. The monoisotopic (exact) mass is 542 g/mol. The average Bonchev–Trinajstić information content (AvgIpc) is 2.82. The van der Waals surface area contributed by atoms with E-state index in [-0.39, 0.29) is 30.6 Å². The van der Waals surface area contributed by atoms with Gasteiger partial charge in [0.15, 0.2) is 0 Å². The number of rotatable bonds is 17. The van der Waals surface area contributed by atoms with Crippen molar-refractivity contribution in [3.8, 4) is 5.75 Å². The van der Waals surface area contributed by atoms with Crippen LogP contribution in [0, 0.1) is 19.8 Å². The molecule has 0 saturated carbocycles. The van der Waals surface area contributed by atoms with Gasteiger partial charge in [-0.2, -0.15) is 4.31 Å². The molecule has 37 heavy (non-hydrogen) atoms. The minimum absolute atomic E-state index is 0.0681. The lowest BCUT2D eigenvalue weighted by molar-refractivity contribution is -0.135. The highest BCUT2D eigenvalue weighted by molar-refractivity contribution is 7.89. The van der Waals surface area contributed by atoms with Crippen LogP contribution in [-0.2, 0) is 19.6 Å². The largest absolute Gasteiger partial charge is 0.497 e. The van der Waals surface area contributed by atoms with Crippen LogP contribution >= 0.6 is 0 Å². The van der Waals surface area contributed by atoms with E-state index in [0.29, 0.717) is 35.4 Å². The average molecular weight is 543 g/mol. The molecule has 1 amide bonds. The minimum atomic E-state index is -3.69. The highest BCUT2D eigenvalue weighted by atomic mass is 32.2. The van der Waals surface area contributed by atoms with Crippen LogP contribution in [0.5, 0.6) is 5.75 Å². The summed E-state index contributed by atoms with van der Waals surface area (Å²) in [6.45, 7) is 10.9. The number of carbonyl (C=O) groups excluding carboxylic acids is 1. The molecule has 2 atom stereocenters. The third-order valence-corrected chi connectivity index (χ3v) is 9.02. The number of amides is 1. The van der Waals surface area contributed by atoms with Crippen LogP contribution in [0.3, 0.4) is 0 Å². The first kappa shape index (κ1) is 33.3. The van der Waals surface area contributed by atoms with E-state index in [1.54, 1.807) is 45.0 Å². The molecule has 0 unspecified atom stereocenters. The zero-order chi connectivity index (χ0) is 28.3. The fourth-order valence-electron chi connectivity index (χ4n) is 4.16. The first-order valence-electron chi connectivity index (χ1n) is 13.0. The molecule has 0 bridgehead atoms. The van der Waals surface area contributed by atoms with E-state index in [4.69, 9.17) is 9.47 Å². The second-order valence-electron chi connectivity index (χ2n) is 10.6. The zero-order valence-electron chi connectivity index (χ0n) is 24.7. The molecule has 9 nitrogen and oxygen atoms in total. The van der Waals surface area contributed by atoms with Gasteiger partial charge in [0.05, 0.1) is 18.6 Å². The summed E-state index contributed by atoms with van der Waals surface area (Å²) in [5.41, 5.74) is 1.26. The fraction of sp³-hybridized carbons (Fsp3) is 0.741. The molecule has 1 aromatic carbocycles. The number of benzene rings is 1. The number of aryl methyl sites for hydroxylation is 2. The molecule has 0 aliphatic carbocycles. The Morgan fingerprint density at radius 3 is 2.08 bits per heavy atom. The molecule has 0 radical (unpaired) electrons. The summed E-state index contributed by atoms with van der Waals surface area (Å²) in [7, 11) is 7.51. The summed E-state index contributed by atoms with van der Waals surface area (Å²) in [5, 5.41) is 0. The van der Waals surface area contributed by atoms with Crippen molar-refractivity contribution in [2.45, 2.75) is 51.5 Å². The fourth-order valence-corrected chi connectivity index (χ4v) is 5.72. The predicted molar refractivity (Wildman–Crippen MR) is 150 cm³/mol. The first-order chi connectivity index (χ1) is 17.2. The van der Waals surface area contributed by atoms with Crippen molar-refractivity contribution in [2.75, 3.05) is 81.7 Å². The second-order valence-corrected chi connectivity index (χ2v) is 12.5. The Labute approximate surface area is 225 Å². The van der Waals surface area contributed by atoms with Gasteiger partial charge in [-0.3, -0.25) is 4.79 Å². The van der Waals surface area contributed by atoms with E-state index >= 15 is 0 Å². The maximum absolute atomic E-state index is 13.1. The van der Waals surface area contributed by atoms with Crippen LogP contribution in [0.15, 0.2) is 17.0 Å². The molecule has 0 N–H and O–H groups in total. The van der Waals surface area contributed by atoms with Crippen molar-refractivity contribution in [2.24, 2.45) is 5.92 Å². The Morgan fingerprint density at radius 1 is 0.946 bits per heavy atom. The molecule has 0 aliphatic heterocycles. The number of nitrogens with zero attached hydrogens (tertiary/aromatic N) is 4. The Morgan fingerprint density at radius 2 is 1.54 bits per heavy atom. The van der Waals surface area contributed by atoms with E-state index in [9.17, 15) is 13.2 Å². The lowest BCUT2D eigenvalue weighted by atomic mass is 10.0. The Bertz CT molecular complexity index is 931. The molecule has 0 aliphatic rings. The highest BCUT2D eigenvalue weighted by Crippen LogP contribution is 2.27. The third kappa shape index (κ3) is 10.9. The molecule has 214 valence electrons. The summed E-state index contributed by atoms with van der Waals surface area (Å²) in [6.07, 6.45) is 2.12. The maximum Gasteiger partial charge on any atom is 0.248 e. The predicted octanol–water partition coefficient (Wildman–Crippen LogP) is 2.71. The van der Waals surface area contributed by atoms with Crippen molar-refractivity contribution < 1.29 is 22.7 Å². The summed E-state index contributed by atoms with van der Waals surface area (Å²) in [4.78, 5) is 19.1. The van der Waals surface area contributed by atoms with Gasteiger partial charge >= 0.3 is 0 Å². The van der Waals surface area contributed by atoms with E-state index in [1.807, 2.05) is 0 Å². The van der Waals surface area contributed by atoms with Crippen molar-refractivity contribution in [1.82, 2.24) is 19.0 Å². The van der Waals surface area contributed by atoms with Gasteiger partial charge in [0.1, 0.15) is 12.4 Å². The van der Waals surface area contributed by atoms with Gasteiger partial charge in [0.2, 0.25) is 15.9 Å². The SMILES string of the molecule is COc1cc(C)c(S(=O)(=O)N(C)CCOCC(=O)N(C)C[C@H](C)CC[C@H](C)N(C)CCN(C)C)c(C)c1. The molecule has 1 rings (SSSR count). The summed E-state index contributed by atoms with van der Waals surface area (Å²) >= 11 is 0. The van der Waals surface area contributed by atoms with Gasteiger partial charge in [-0.05, 0) is 83.9 Å². The molecule has 0 fully saturated rings. The van der Waals surface area contributed by atoms with Crippen LogP contribution < -0.4 is 4.74 Å². The standard InChI is InChI=1S/C27H50N4O5S/c1-21(11-12-24(4)29(7)14-13-28(5)6)19-30(8)26(32)20-36-16-15-31(9)37(33,34)27-22(2)17-25(35-10)18-23(27)3/h17-18,21,24H,11-16,19-20H2,1-10H3/t21-,24+/m1/s1. The number of hydrogen-bond donors (Lipinski definition) is 0. The van der Waals surface area contributed by atoms with Crippen LogP contribution in [0.2, 0.25) is 0 Å². The molecule has 0 saturated heterocycles. The van der Waals surface area contributed by atoms with Crippen LogP contribution in [-0.4, -0.2) is 121 Å². The van der Waals surface area contributed by atoms with E-state index in [0.717, 1.165) is 25.9 Å². The van der Waals surface area contributed by atoms with Crippen molar-refractivity contribution in [1.29, 1.82) is 0 Å². The summed E-state index contributed by atoms with van der Waals surface area (Å²) in [5.74, 6) is 0.903. The smallest absolute Gasteiger partial charge is 0.248 e. The highest BCUT2D eigenvalue weighted by Gasteiger charge is 2.25. The lowest BCUT2D eigenvalue weighted by Gasteiger charge is -2.28. The molecule has 0 heterocycles. The minimum Gasteiger partial charge on any atom is -0.497 e. The summed E-state index contributed by atoms with van der Waals surface area (Å²) < 4.78 is 38.2. The van der Waals surface area contributed by atoms with Crippen molar-refractivity contribution >= 4 is 15.9 Å². The molecule has 0 spiro atoms. The summed E-state index contributed by atoms with van der Waals surface area (Å²) in [6, 6.07) is 3.92.